The highest BCUT2D eigenvalue weighted by atomic mass is 16.7. The largest absolute Gasteiger partial charge is 0.492 e. The van der Waals surface area contributed by atoms with Crippen LogP contribution in [0.25, 0.3) is 10.4 Å². The maximum Gasteiger partial charge on any atom is 0.309 e. The second-order valence-electron chi connectivity index (χ2n) is 29.5. The predicted octanol–water partition coefficient (Wildman–Crippen LogP) is -10.0. The van der Waals surface area contributed by atoms with Crippen LogP contribution in [0.1, 0.15) is 65.7 Å². The molecular weight excluding hydrogens is 1680 g/mol. The first-order chi connectivity index (χ1) is 59.9. The summed E-state index contributed by atoms with van der Waals surface area (Å²) in [4.78, 5) is 121. The first kappa shape index (κ1) is 104. The molecule has 4 aliphatic heterocycles. The van der Waals surface area contributed by atoms with Gasteiger partial charge in [0, 0.05) is 68.0 Å². The number of azide groups is 1. The van der Waals surface area contributed by atoms with Crippen molar-refractivity contribution < 1.29 is 205 Å². The van der Waals surface area contributed by atoms with E-state index in [1.165, 1.54) is 18.2 Å². The Balaban J connectivity index is 0.892. The molecule has 50 heteroatoms. The number of nitrogens with one attached hydrogen (secondary N) is 5. The normalized spacial score (nSPS) is 32.2. The van der Waals surface area contributed by atoms with Crippen molar-refractivity contribution in [1.29, 1.82) is 0 Å². The van der Waals surface area contributed by atoms with Gasteiger partial charge in [0.25, 0.3) is 11.8 Å². The van der Waals surface area contributed by atoms with Crippen LogP contribution in [-0.2, 0) is 119 Å². The summed E-state index contributed by atoms with van der Waals surface area (Å²) in [6.45, 7) is -2.74. The Labute approximate surface area is 715 Å². The van der Waals surface area contributed by atoms with Crippen molar-refractivity contribution in [3.05, 3.63) is 39.8 Å². The third-order valence-electron chi connectivity index (χ3n) is 21.2. The summed E-state index contributed by atoms with van der Waals surface area (Å²) in [6, 6.07) is 3.75. The van der Waals surface area contributed by atoms with E-state index in [0.717, 1.165) is 28.4 Å². The van der Waals surface area contributed by atoms with E-state index in [-0.39, 0.29) is 154 Å². The summed E-state index contributed by atoms with van der Waals surface area (Å²) >= 11 is 0. The van der Waals surface area contributed by atoms with Gasteiger partial charge in [0.15, 0.2) is 25.2 Å². The van der Waals surface area contributed by atoms with Crippen molar-refractivity contribution in [2.75, 3.05) is 167 Å². The average Bonchev–Trinajstić information content (AvgIpc) is 0.787. The molecule has 125 heavy (non-hydrogen) atoms. The molecule has 0 spiro atoms. The Morgan fingerprint density at radius 3 is 1.07 bits per heavy atom. The van der Waals surface area contributed by atoms with Crippen LogP contribution in [0.15, 0.2) is 23.3 Å². The summed E-state index contributed by atoms with van der Waals surface area (Å²) in [6.07, 6.45) is -41.8. The quantitative estimate of drug-likeness (QED) is 0.00719. The van der Waals surface area contributed by atoms with Crippen LogP contribution < -0.4 is 31.3 Å². The summed E-state index contributed by atoms with van der Waals surface area (Å²) in [5, 5.41) is 165. The molecule has 7 rings (SSSR count). The second kappa shape index (κ2) is 54.0. The number of aliphatic hydroxyl groups is 14. The molecule has 6 aliphatic rings. The molecule has 1 aromatic rings. The molecule has 4 heterocycles. The number of carbonyl (C=O) groups excluding carboxylic acids is 9. The molecule has 2 aliphatic carbocycles. The number of rotatable bonds is 51. The lowest BCUT2D eigenvalue weighted by molar-refractivity contribution is -0.326. The highest BCUT2D eigenvalue weighted by molar-refractivity contribution is 6.00. The van der Waals surface area contributed by atoms with Gasteiger partial charge in [0.05, 0.1) is 176 Å². The number of hydrogen-bond donors (Lipinski definition) is 19. The van der Waals surface area contributed by atoms with Gasteiger partial charge in [-0.3, -0.25) is 43.2 Å². The first-order valence-corrected chi connectivity index (χ1v) is 40.5. The lowest BCUT2D eigenvalue weighted by Gasteiger charge is -2.45. The maximum atomic E-state index is 13.8. The fourth-order valence-electron chi connectivity index (χ4n) is 14.2. The standard InChI is InChI=1S/C75H118N8O42/c1-107-68(103)39-28-43(45(30-41(39)70(105)109-3)120-74-64(99)58(93)54(89)47(32-84)122-74)118-34-49-56(91)60(95)62(97)72(124-49)116-17-11-77-51(86)5-8-80-66(101)36-25-37(27-38(26-36)115-16-10-79-53(88)7-14-111-19-21-113-23-24-114-22-20-112-15-13-82-83-76)67(102)81-9-6-52(87)78-12-18-117-73-63(98)61(96)57(92)50(125-73)35-119-44-29-40(69(104)108-2)42(71(106)110-4)31-46(44)121-75-65(100)59(94)55(90)48(33-85)123-75/h25-27,39-50,54-65,72-75,84-85,89-100H,5-24,28-35H2,1-4H3,(H,77,86)(H,78,87)(H,79,88)(H,80,101)(H,81,102)/t39?,40?,41-,42-,43-,44-,45?,46?,47?,48?,49?,50?,54+,55+,56+,57+,58-,59-,60-,61-,62?,63?,64?,65?,72-,73+,74+,75+/m0/s1. The number of nitrogens with zero attached hydrogens (tertiary/aromatic N) is 3. The minimum atomic E-state index is -1.91. The monoisotopic (exact) mass is 1800 g/mol. The van der Waals surface area contributed by atoms with Gasteiger partial charge in [-0.25, -0.2) is 0 Å². The number of ether oxygens (including phenoxy) is 19. The van der Waals surface area contributed by atoms with Gasteiger partial charge in [-0.1, -0.05) is 5.11 Å². The summed E-state index contributed by atoms with van der Waals surface area (Å²) < 4.78 is 105. The van der Waals surface area contributed by atoms with Crippen molar-refractivity contribution >= 4 is 53.4 Å². The lowest BCUT2D eigenvalue weighted by Crippen LogP contribution is -2.61. The van der Waals surface area contributed by atoms with E-state index in [1.54, 1.807) is 0 Å². The van der Waals surface area contributed by atoms with E-state index in [2.05, 4.69) is 36.6 Å². The fourth-order valence-corrected chi connectivity index (χ4v) is 14.2. The Morgan fingerprint density at radius 1 is 0.376 bits per heavy atom. The van der Waals surface area contributed by atoms with Crippen molar-refractivity contribution in [3.63, 3.8) is 0 Å². The summed E-state index contributed by atoms with van der Waals surface area (Å²) in [7, 11) is 4.32. The van der Waals surface area contributed by atoms with Gasteiger partial charge in [-0.2, -0.15) is 0 Å². The summed E-state index contributed by atoms with van der Waals surface area (Å²) in [5.74, 6) is -11.5. The number of esters is 4. The molecule has 710 valence electrons. The zero-order chi connectivity index (χ0) is 91.4. The molecule has 6 fully saturated rings. The zero-order valence-electron chi connectivity index (χ0n) is 69.2. The van der Waals surface area contributed by atoms with Gasteiger partial charge in [0.1, 0.15) is 110 Å². The van der Waals surface area contributed by atoms with Gasteiger partial charge >= 0.3 is 23.9 Å². The molecule has 0 aromatic heterocycles. The highest BCUT2D eigenvalue weighted by Gasteiger charge is 2.55. The molecule has 0 radical (unpaired) electrons. The smallest absolute Gasteiger partial charge is 0.309 e. The molecule has 19 N–H and O–H groups in total. The topological polar surface area (TPSA) is 721 Å². The molecule has 12 unspecified atom stereocenters. The van der Waals surface area contributed by atoms with Crippen LogP contribution >= 0.6 is 0 Å². The minimum absolute atomic E-state index is 0.0271. The van der Waals surface area contributed by atoms with Crippen LogP contribution in [0.5, 0.6) is 5.75 Å². The van der Waals surface area contributed by atoms with Crippen LogP contribution in [0.4, 0.5) is 0 Å². The third-order valence-corrected chi connectivity index (χ3v) is 21.2. The Morgan fingerprint density at radius 2 is 0.704 bits per heavy atom. The number of aliphatic hydroxyl groups excluding tert-OH is 14. The first-order valence-electron chi connectivity index (χ1n) is 40.5. The molecule has 1 aromatic carbocycles. The van der Waals surface area contributed by atoms with Crippen molar-refractivity contribution in [2.45, 2.75) is 192 Å². The lowest BCUT2D eigenvalue weighted by atomic mass is 9.76. The van der Waals surface area contributed by atoms with E-state index in [4.69, 9.17) is 95.5 Å². The predicted molar refractivity (Wildman–Crippen MR) is 409 cm³/mol. The van der Waals surface area contributed by atoms with Gasteiger partial charge in [-0.05, 0) is 49.4 Å². The van der Waals surface area contributed by atoms with Gasteiger partial charge in [-0.15, -0.1) is 0 Å². The molecule has 2 saturated carbocycles. The Hall–Kier alpha value is -7.56. The molecule has 5 amide bonds. The van der Waals surface area contributed by atoms with Gasteiger partial charge < -0.3 is 188 Å². The molecule has 0 bridgehead atoms. The molecule has 28 atom stereocenters. The molecule has 50 nitrogen and oxygen atoms in total. The van der Waals surface area contributed by atoms with Crippen LogP contribution in [0.3, 0.4) is 0 Å². The molecular formula is C75H118N8O42. The minimum Gasteiger partial charge on any atom is -0.492 e. The summed E-state index contributed by atoms with van der Waals surface area (Å²) in [5.41, 5.74) is 8.02. The Bertz CT molecular complexity index is 3370. The fraction of sp³-hybridized carbons (Fsp3) is 0.800. The Kier molecular flexibility index (Phi) is 45.2. The van der Waals surface area contributed by atoms with Crippen molar-refractivity contribution in [3.8, 4) is 5.75 Å². The average molecular weight is 1800 g/mol. The second-order valence-corrected chi connectivity index (χ2v) is 29.5. The number of carbonyl (C=O) groups is 9. The van der Waals surface area contributed by atoms with E-state index in [1.807, 2.05) is 0 Å². The van der Waals surface area contributed by atoms with Crippen molar-refractivity contribution in [2.24, 2.45) is 28.8 Å². The van der Waals surface area contributed by atoms with E-state index >= 15 is 0 Å². The third kappa shape index (κ3) is 31.4. The number of methoxy groups -OCH3 is 4. The number of amides is 5. The number of benzene rings is 1. The van der Waals surface area contributed by atoms with Crippen molar-refractivity contribution in [1.82, 2.24) is 26.6 Å². The van der Waals surface area contributed by atoms with Crippen LogP contribution in [0, 0.1) is 23.7 Å². The zero-order valence-corrected chi connectivity index (χ0v) is 69.2. The van der Waals surface area contributed by atoms with Crippen LogP contribution in [0.2, 0.25) is 0 Å². The molecule has 4 saturated heterocycles. The van der Waals surface area contributed by atoms with Crippen LogP contribution in [-0.4, -0.2) is 439 Å². The SMILES string of the molecule is COC(=O)C1C[C@H](OCC2O[C@@H](OCCNC(=O)CCNC(=O)c3cc(OCCNC(=O)CCOCCOCCOCCOCCN=[N+]=[N-])cc(C(=O)NCCC(=O)NCCO[C@H]4OC(CO[C@H]5CC(C(=O)OC)[C@@H](C(=O)OC)CC5O[C@@H]5OC(CO)[C@@H](O)[C@H](O)C5O)[C@@H](O)[C@H](O)C4O)c3)C(O)[C@@H](O)[C@@H]2O)C(O[C@@H]2OC(CO)[C@@H](O)[C@H](O)C2O)C[C@@H]1C(=O)OC. The number of hydrogen-bond acceptors (Lipinski definition) is 43. The highest BCUT2D eigenvalue weighted by Crippen LogP contribution is 2.41. The van der Waals surface area contributed by atoms with E-state index in [9.17, 15) is 115 Å². The van der Waals surface area contributed by atoms with E-state index < -0.39 is 251 Å². The van der Waals surface area contributed by atoms with Gasteiger partial charge in [0.2, 0.25) is 17.7 Å². The van der Waals surface area contributed by atoms with E-state index in [0.29, 0.717) is 19.8 Å². The maximum absolute atomic E-state index is 13.8.